The van der Waals surface area contributed by atoms with Crippen molar-refractivity contribution in [3.05, 3.63) is 12.2 Å². The van der Waals surface area contributed by atoms with E-state index in [4.69, 9.17) is 5.11 Å². The standard InChI is InChI=1S/C30H60O/c1-2-3-4-5-6-7-8-9-10-11-12-13-14-15-16-17-18-19-20-21-22-23-24-25-26-27-28-29-30-31/h20-21,31H,2-19,22-30H2,1H3. The Labute approximate surface area is 197 Å². The van der Waals surface area contributed by atoms with Crippen LogP contribution in [0.2, 0.25) is 0 Å². The van der Waals surface area contributed by atoms with Gasteiger partial charge in [-0.25, -0.2) is 0 Å². The van der Waals surface area contributed by atoms with Crippen molar-refractivity contribution >= 4 is 0 Å². The van der Waals surface area contributed by atoms with Gasteiger partial charge in [0.15, 0.2) is 0 Å². The minimum atomic E-state index is 0.365. The molecular weight excluding hydrogens is 376 g/mol. The van der Waals surface area contributed by atoms with Gasteiger partial charge in [0.2, 0.25) is 0 Å². The van der Waals surface area contributed by atoms with Crippen molar-refractivity contribution in [1.29, 1.82) is 0 Å². The first kappa shape index (κ1) is 30.7. The Kier molecular flexibility index (Phi) is 29.4. The van der Waals surface area contributed by atoms with Crippen LogP contribution in [0.4, 0.5) is 0 Å². The molecule has 0 atom stereocenters. The van der Waals surface area contributed by atoms with E-state index in [2.05, 4.69) is 19.1 Å². The van der Waals surface area contributed by atoms with E-state index < -0.39 is 0 Å². The first-order valence-corrected chi connectivity index (χ1v) is 14.7. The zero-order chi connectivity index (χ0) is 22.5. The average molecular weight is 437 g/mol. The van der Waals surface area contributed by atoms with Crippen molar-refractivity contribution in [2.24, 2.45) is 0 Å². The van der Waals surface area contributed by atoms with Gasteiger partial charge in [-0.15, -0.1) is 0 Å². The van der Waals surface area contributed by atoms with E-state index in [9.17, 15) is 0 Å². The van der Waals surface area contributed by atoms with Crippen LogP contribution in [-0.2, 0) is 0 Å². The molecule has 0 spiro atoms. The molecule has 0 saturated heterocycles. The lowest BCUT2D eigenvalue weighted by molar-refractivity contribution is 0.282. The van der Waals surface area contributed by atoms with E-state index in [-0.39, 0.29) is 0 Å². The average Bonchev–Trinajstić information content (AvgIpc) is 2.78. The molecule has 31 heavy (non-hydrogen) atoms. The second-order valence-electron chi connectivity index (χ2n) is 9.90. The summed E-state index contributed by atoms with van der Waals surface area (Å²) in [6.07, 6.45) is 41.1. The lowest BCUT2D eigenvalue weighted by Gasteiger charge is -2.03. The summed E-state index contributed by atoms with van der Waals surface area (Å²) in [7, 11) is 0. The zero-order valence-corrected chi connectivity index (χ0v) is 21.7. The summed E-state index contributed by atoms with van der Waals surface area (Å²) in [6.45, 7) is 2.66. The molecule has 0 aliphatic carbocycles. The molecule has 0 fully saturated rings. The van der Waals surface area contributed by atoms with Crippen LogP contribution in [0.15, 0.2) is 12.2 Å². The predicted molar refractivity (Wildman–Crippen MR) is 142 cm³/mol. The normalized spacial score (nSPS) is 11.7. The van der Waals surface area contributed by atoms with Crippen LogP contribution < -0.4 is 0 Å². The third kappa shape index (κ3) is 29.7. The molecule has 0 rings (SSSR count). The van der Waals surface area contributed by atoms with Crippen LogP contribution in [0.1, 0.15) is 174 Å². The minimum absolute atomic E-state index is 0.365. The number of rotatable bonds is 27. The third-order valence-electron chi connectivity index (χ3n) is 6.67. The van der Waals surface area contributed by atoms with Gasteiger partial charge in [0.25, 0.3) is 0 Å². The molecule has 0 bridgehead atoms. The monoisotopic (exact) mass is 436 g/mol. The van der Waals surface area contributed by atoms with Gasteiger partial charge in [-0.1, -0.05) is 154 Å². The molecular formula is C30H60O. The fraction of sp³-hybridized carbons (Fsp3) is 0.933. The summed E-state index contributed by atoms with van der Waals surface area (Å²) in [5.74, 6) is 0. The lowest BCUT2D eigenvalue weighted by atomic mass is 10.0. The van der Waals surface area contributed by atoms with Crippen molar-refractivity contribution in [1.82, 2.24) is 0 Å². The van der Waals surface area contributed by atoms with Crippen molar-refractivity contribution < 1.29 is 5.11 Å². The second-order valence-corrected chi connectivity index (χ2v) is 9.90. The van der Waals surface area contributed by atoms with E-state index >= 15 is 0 Å². The maximum absolute atomic E-state index is 8.75. The van der Waals surface area contributed by atoms with Gasteiger partial charge in [0.1, 0.15) is 0 Å². The summed E-state index contributed by atoms with van der Waals surface area (Å²) in [6, 6.07) is 0. The van der Waals surface area contributed by atoms with Gasteiger partial charge in [0, 0.05) is 6.61 Å². The molecule has 1 heteroatoms. The number of hydrogen-bond acceptors (Lipinski definition) is 1. The van der Waals surface area contributed by atoms with Gasteiger partial charge in [-0.3, -0.25) is 0 Å². The fourth-order valence-corrected chi connectivity index (χ4v) is 4.48. The van der Waals surface area contributed by atoms with Crippen LogP contribution in [0.25, 0.3) is 0 Å². The molecule has 0 aromatic carbocycles. The summed E-state index contributed by atoms with van der Waals surface area (Å²) in [5, 5.41) is 8.75. The molecule has 0 aromatic heterocycles. The second kappa shape index (κ2) is 29.7. The summed E-state index contributed by atoms with van der Waals surface area (Å²) in [4.78, 5) is 0. The molecule has 0 radical (unpaired) electrons. The van der Waals surface area contributed by atoms with Gasteiger partial charge in [-0.2, -0.15) is 0 Å². The van der Waals surface area contributed by atoms with Gasteiger partial charge >= 0.3 is 0 Å². The lowest BCUT2D eigenvalue weighted by Crippen LogP contribution is -1.84. The highest BCUT2D eigenvalue weighted by atomic mass is 16.2. The van der Waals surface area contributed by atoms with Crippen LogP contribution in [0.3, 0.4) is 0 Å². The molecule has 1 nitrogen and oxygen atoms in total. The number of aliphatic hydroxyl groups is 1. The Bertz CT molecular complexity index is 322. The molecule has 1 N–H and O–H groups in total. The van der Waals surface area contributed by atoms with E-state index in [0.29, 0.717) is 6.61 Å². The zero-order valence-electron chi connectivity index (χ0n) is 21.7. The Hall–Kier alpha value is -0.300. The van der Waals surface area contributed by atoms with Gasteiger partial charge in [0.05, 0.1) is 0 Å². The maximum atomic E-state index is 8.75. The smallest absolute Gasteiger partial charge is 0.0431 e. The van der Waals surface area contributed by atoms with Crippen molar-refractivity contribution in [2.75, 3.05) is 6.61 Å². The van der Waals surface area contributed by atoms with Crippen molar-refractivity contribution in [2.45, 2.75) is 174 Å². The van der Waals surface area contributed by atoms with Crippen LogP contribution in [0.5, 0.6) is 0 Å². The van der Waals surface area contributed by atoms with E-state index in [0.717, 1.165) is 6.42 Å². The third-order valence-corrected chi connectivity index (χ3v) is 6.67. The van der Waals surface area contributed by atoms with Crippen molar-refractivity contribution in [3.63, 3.8) is 0 Å². The molecule has 0 saturated carbocycles. The van der Waals surface area contributed by atoms with Crippen LogP contribution in [0, 0.1) is 0 Å². The highest BCUT2D eigenvalue weighted by Crippen LogP contribution is 2.14. The van der Waals surface area contributed by atoms with Gasteiger partial charge in [-0.05, 0) is 32.1 Å². The molecule has 0 heterocycles. The number of unbranched alkanes of at least 4 members (excludes halogenated alkanes) is 24. The van der Waals surface area contributed by atoms with E-state index in [1.807, 2.05) is 0 Å². The quantitative estimate of drug-likeness (QED) is 0.100. The Morgan fingerprint density at radius 2 is 0.613 bits per heavy atom. The van der Waals surface area contributed by atoms with Gasteiger partial charge < -0.3 is 5.11 Å². The van der Waals surface area contributed by atoms with E-state index in [1.54, 1.807) is 0 Å². The molecule has 0 aliphatic rings. The Balaban J connectivity index is 3.05. The highest BCUT2D eigenvalue weighted by Gasteiger charge is 1.95. The Morgan fingerprint density at radius 1 is 0.355 bits per heavy atom. The summed E-state index contributed by atoms with van der Waals surface area (Å²) < 4.78 is 0. The molecule has 0 amide bonds. The topological polar surface area (TPSA) is 20.2 Å². The highest BCUT2D eigenvalue weighted by molar-refractivity contribution is 4.81. The maximum Gasteiger partial charge on any atom is 0.0431 e. The van der Waals surface area contributed by atoms with Crippen molar-refractivity contribution in [3.8, 4) is 0 Å². The molecule has 186 valence electrons. The Morgan fingerprint density at radius 3 is 0.903 bits per heavy atom. The number of hydrogen-bond donors (Lipinski definition) is 1. The van der Waals surface area contributed by atoms with Crippen LogP contribution in [-0.4, -0.2) is 11.7 Å². The largest absolute Gasteiger partial charge is 0.396 e. The molecule has 0 aromatic rings. The SMILES string of the molecule is CCCCCCCCCCCCCCCCCCCC=CCCCCCCCCCO. The van der Waals surface area contributed by atoms with E-state index in [1.165, 1.54) is 161 Å². The fourth-order valence-electron chi connectivity index (χ4n) is 4.48. The summed E-state index contributed by atoms with van der Waals surface area (Å²) in [5.41, 5.74) is 0. The number of aliphatic hydroxyl groups excluding tert-OH is 1. The molecule has 0 unspecified atom stereocenters. The predicted octanol–water partition coefficient (Wildman–Crippen LogP) is 10.7. The van der Waals surface area contributed by atoms with Crippen LogP contribution >= 0.6 is 0 Å². The first-order chi connectivity index (χ1) is 15.4. The molecule has 0 aliphatic heterocycles. The minimum Gasteiger partial charge on any atom is -0.396 e. The first-order valence-electron chi connectivity index (χ1n) is 14.7. The number of allylic oxidation sites excluding steroid dienone is 2. The summed E-state index contributed by atoms with van der Waals surface area (Å²) >= 11 is 0.